The molecule has 4 heterocycles. The van der Waals surface area contributed by atoms with Crippen LogP contribution in [-0.4, -0.2) is 26.9 Å². The Kier molecular flexibility index (Phi) is 4.01. The van der Waals surface area contributed by atoms with E-state index in [2.05, 4.69) is 10.6 Å². The molecule has 4 aromatic rings. The Morgan fingerprint density at radius 2 is 2.04 bits per heavy atom. The van der Waals surface area contributed by atoms with Crippen LogP contribution >= 0.6 is 0 Å². The summed E-state index contributed by atoms with van der Waals surface area (Å²) >= 11 is 0. The van der Waals surface area contributed by atoms with Crippen LogP contribution in [0, 0.1) is 0 Å². The molecule has 1 unspecified atom stereocenters. The number of hydrogen-bond acceptors (Lipinski definition) is 3. The first-order valence-electron chi connectivity index (χ1n) is 9.58. The summed E-state index contributed by atoms with van der Waals surface area (Å²) in [5.74, 6) is 0.718. The van der Waals surface area contributed by atoms with Crippen molar-refractivity contribution in [2.24, 2.45) is 7.05 Å². The molecule has 1 aliphatic rings. The first-order chi connectivity index (χ1) is 13.7. The second-order valence-corrected chi connectivity index (χ2v) is 7.25. The summed E-state index contributed by atoms with van der Waals surface area (Å²) in [7, 11) is 2.03. The van der Waals surface area contributed by atoms with E-state index in [9.17, 15) is 4.79 Å². The molecule has 1 amide bonds. The Hall–Kier alpha value is -3.34. The van der Waals surface area contributed by atoms with Crippen molar-refractivity contribution in [2.45, 2.75) is 18.9 Å². The van der Waals surface area contributed by atoms with Crippen molar-refractivity contribution in [2.75, 3.05) is 6.54 Å². The van der Waals surface area contributed by atoms with Gasteiger partial charge in [-0.2, -0.15) is 0 Å². The lowest BCUT2D eigenvalue weighted by Crippen LogP contribution is -2.31. The van der Waals surface area contributed by atoms with E-state index in [4.69, 9.17) is 9.40 Å². The largest absolute Gasteiger partial charge is 0.463 e. The minimum absolute atomic E-state index is 0.0510. The SMILES string of the molecule is Cn1cccc1C1CCCN1C(=O)c1cc(-c2ccco2)nc2ccccc12. The number of fused-ring (bicyclic) bond motifs is 1. The van der Waals surface area contributed by atoms with E-state index < -0.39 is 0 Å². The van der Waals surface area contributed by atoms with Gasteiger partial charge in [0.2, 0.25) is 0 Å². The Bertz CT molecular complexity index is 1140. The number of likely N-dealkylation sites (tertiary alicyclic amines) is 1. The van der Waals surface area contributed by atoms with Gasteiger partial charge >= 0.3 is 0 Å². The normalized spacial score (nSPS) is 16.8. The van der Waals surface area contributed by atoms with Crippen LogP contribution in [0.4, 0.5) is 0 Å². The van der Waals surface area contributed by atoms with Crippen molar-refractivity contribution >= 4 is 16.8 Å². The summed E-state index contributed by atoms with van der Waals surface area (Å²) in [6, 6.07) is 17.6. The number of para-hydroxylation sites is 1. The molecule has 0 bridgehead atoms. The maximum atomic E-state index is 13.7. The Balaban J connectivity index is 1.62. The van der Waals surface area contributed by atoms with E-state index in [1.165, 1.54) is 5.69 Å². The molecule has 1 atom stereocenters. The molecule has 0 aliphatic carbocycles. The lowest BCUT2D eigenvalue weighted by Gasteiger charge is -2.26. The summed E-state index contributed by atoms with van der Waals surface area (Å²) < 4.78 is 7.64. The Labute approximate surface area is 163 Å². The van der Waals surface area contributed by atoms with Gasteiger partial charge in [-0.15, -0.1) is 0 Å². The maximum Gasteiger partial charge on any atom is 0.255 e. The molecule has 3 aromatic heterocycles. The molecule has 0 spiro atoms. The Morgan fingerprint density at radius 1 is 1.14 bits per heavy atom. The summed E-state index contributed by atoms with van der Waals surface area (Å²) in [6.07, 6.45) is 5.65. The number of amides is 1. The van der Waals surface area contributed by atoms with Crippen LogP contribution in [0.3, 0.4) is 0 Å². The zero-order valence-corrected chi connectivity index (χ0v) is 15.7. The van der Waals surface area contributed by atoms with Gasteiger partial charge in [-0.25, -0.2) is 4.98 Å². The van der Waals surface area contributed by atoms with Crippen LogP contribution in [0.5, 0.6) is 0 Å². The number of aryl methyl sites for hydroxylation is 1. The van der Waals surface area contributed by atoms with E-state index in [-0.39, 0.29) is 11.9 Å². The smallest absolute Gasteiger partial charge is 0.255 e. The summed E-state index contributed by atoms with van der Waals surface area (Å²) in [6.45, 7) is 0.765. The van der Waals surface area contributed by atoms with E-state index in [0.29, 0.717) is 17.0 Å². The third kappa shape index (κ3) is 2.71. The average molecular weight is 371 g/mol. The highest BCUT2D eigenvalue weighted by molar-refractivity contribution is 6.07. The molecular formula is C23H21N3O2. The number of pyridine rings is 1. The Morgan fingerprint density at radius 3 is 2.82 bits per heavy atom. The number of carbonyl (C=O) groups is 1. The molecule has 1 aliphatic heterocycles. The number of furan rings is 1. The highest BCUT2D eigenvalue weighted by Crippen LogP contribution is 2.35. The molecule has 1 saturated heterocycles. The summed E-state index contributed by atoms with van der Waals surface area (Å²) in [5, 5.41) is 0.875. The van der Waals surface area contributed by atoms with Crippen molar-refractivity contribution in [1.82, 2.24) is 14.5 Å². The predicted molar refractivity (Wildman–Crippen MR) is 108 cm³/mol. The topological polar surface area (TPSA) is 51.3 Å². The van der Waals surface area contributed by atoms with Gasteiger partial charge in [-0.3, -0.25) is 4.79 Å². The van der Waals surface area contributed by atoms with Gasteiger partial charge in [0.25, 0.3) is 5.91 Å². The van der Waals surface area contributed by atoms with Gasteiger partial charge in [0.15, 0.2) is 5.76 Å². The van der Waals surface area contributed by atoms with Crippen molar-refractivity contribution in [3.05, 3.63) is 78.3 Å². The van der Waals surface area contributed by atoms with E-state index in [1.807, 2.05) is 66.7 Å². The second kappa shape index (κ2) is 6.68. The third-order valence-electron chi connectivity index (χ3n) is 5.56. The molecule has 5 rings (SSSR count). The van der Waals surface area contributed by atoms with Crippen molar-refractivity contribution in [3.8, 4) is 11.5 Å². The van der Waals surface area contributed by atoms with Crippen LogP contribution in [-0.2, 0) is 7.05 Å². The fourth-order valence-electron chi connectivity index (χ4n) is 4.20. The van der Waals surface area contributed by atoms with Gasteiger partial charge < -0.3 is 13.9 Å². The number of hydrogen-bond donors (Lipinski definition) is 0. The molecule has 28 heavy (non-hydrogen) atoms. The monoisotopic (exact) mass is 371 g/mol. The van der Waals surface area contributed by atoms with E-state index in [1.54, 1.807) is 6.26 Å². The fourth-order valence-corrected chi connectivity index (χ4v) is 4.20. The molecule has 0 saturated carbocycles. The molecule has 1 fully saturated rings. The van der Waals surface area contributed by atoms with Crippen LogP contribution in [0.25, 0.3) is 22.4 Å². The van der Waals surface area contributed by atoms with Crippen LogP contribution in [0.2, 0.25) is 0 Å². The standard InChI is InChI=1S/C23H21N3O2/c1-25-12-4-9-20(25)21-10-5-13-26(21)23(27)17-15-19(22-11-6-14-28-22)24-18-8-3-2-7-16(17)18/h2-4,6-9,11-12,14-15,21H,5,10,13H2,1H3. The maximum absolute atomic E-state index is 13.7. The number of carbonyl (C=O) groups excluding carboxylic acids is 1. The minimum Gasteiger partial charge on any atom is -0.463 e. The third-order valence-corrected chi connectivity index (χ3v) is 5.56. The second-order valence-electron chi connectivity index (χ2n) is 7.25. The molecule has 5 nitrogen and oxygen atoms in total. The number of benzene rings is 1. The van der Waals surface area contributed by atoms with Crippen LogP contribution in [0.15, 0.2) is 71.5 Å². The average Bonchev–Trinajstić information content (AvgIpc) is 3.47. The number of aromatic nitrogens is 2. The summed E-state index contributed by atoms with van der Waals surface area (Å²) in [4.78, 5) is 20.4. The van der Waals surface area contributed by atoms with E-state index in [0.717, 1.165) is 30.3 Å². The van der Waals surface area contributed by atoms with Crippen LogP contribution < -0.4 is 0 Å². The van der Waals surface area contributed by atoms with Gasteiger partial charge in [-0.05, 0) is 49.2 Å². The van der Waals surface area contributed by atoms with Gasteiger partial charge in [-0.1, -0.05) is 18.2 Å². The molecule has 0 N–H and O–H groups in total. The summed E-state index contributed by atoms with van der Waals surface area (Å²) in [5.41, 5.74) is 3.34. The number of nitrogens with zero attached hydrogens (tertiary/aromatic N) is 3. The quantitative estimate of drug-likeness (QED) is 0.519. The van der Waals surface area contributed by atoms with Crippen LogP contribution in [0.1, 0.15) is 34.9 Å². The lowest BCUT2D eigenvalue weighted by atomic mass is 10.0. The first kappa shape index (κ1) is 16.8. The zero-order valence-electron chi connectivity index (χ0n) is 15.7. The molecule has 1 aromatic carbocycles. The minimum atomic E-state index is 0.0510. The zero-order chi connectivity index (χ0) is 19.1. The highest BCUT2D eigenvalue weighted by atomic mass is 16.3. The number of rotatable bonds is 3. The van der Waals surface area contributed by atoms with E-state index >= 15 is 0 Å². The molecule has 5 heteroatoms. The van der Waals surface area contributed by atoms with Gasteiger partial charge in [0, 0.05) is 30.9 Å². The van der Waals surface area contributed by atoms with Crippen molar-refractivity contribution < 1.29 is 9.21 Å². The molecule has 140 valence electrons. The highest BCUT2D eigenvalue weighted by Gasteiger charge is 2.33. The van der Waals surface area contributed by atoms with Gasteiger partial charge in [0.1, 0.15) is 5.69 Å². The molecule has 0 radical (unpaired) electrons. The molecular weight excluding hydrogens is 350 g/mol. The fraction of sp³-hybridized carbons (Fsp3) is 0.217. The lowest BCUT2D eigenvalue weighted by molar-refractivity contribution is 0.0733. The van der Waals surface area contributed by atoms with Gasteiger partial charge in [0.05, 0.1) is 23.4 Å². The van der Waals surface area contributed by atoms with Crippen molar-refractivity contribution in [3.63, 3.8) is 0 Å². The van der Waals surface area contributed by atoms with Crippen molar-refractivity contribution in [1.29, 1.82) is 0 Å². The predicted octanol–water partition coefficient (Wildman–Crippen LogP) is 4.81. The first-order valence-corrected chi connectivity index (χ1v) is 9.58.